The van der Waals surface area contributed by atoms with Crippen molar-refractivity contribution in [1.29, 1.82) is 0 Å². The minimum atomic E-state index is -3.80. The Hall–Kier alpha value is 0.260. The number of hydrogen-bond acceptors (Lipinski definition) is 1. The maximum absolute atomic E-state index is 12.9. The van der Waals surface area contributed by atoms with Crippen LogP contribution in [0, 0.1) is 6.92 Å². The number of alkyl halides is 5. The average molecular weight is 295 g/mol. The zero-order chi connectivity index (χ0) is 11.2. The van der Waals surface area contributed by atoms with Crippen LogP contribution in [0.15, 0.2) is 12.2 Å². The van der Waals surface area contributed by atoms with E-state index < -0.39 is 9.96 Å². The molecule has 0 saturated carbocycles. The van der Waals surface area contributed by atoms with E-state index in [0.717, 1.165) is 6.08 Å². The standard InChI is InChI=1S/C8H10BrClF3O/c1-2-5-14-6-3-4-7(10,11)8(9,12)13/h3-4H,1-2,5-6H2. The van der Waals surface area contributed by atoms with E-state index in [2.05, 4.69) is 6.92 Å². The fraction of sp³-hybridized carbons (Fsp3) is 0.625. The Kier molecular flexibility index (Phi) is 6.09. The molecule has 1 unspecified atom stereocenters. The van der Waals surface area contributed by atoms with Gasteiger partial charge in [0, 0.05) is 6.61 Å². The van der Waals surface area contributed by atoms with Crippen molar-refractivity contribution in [2.75, 3.05) is 13.2 Å². The fourth-order valence-corrected chi connectivity index (χ4v) is 0.765. The minimum absolute atomic E-state index is 0.0248. The van der Waals surface area contributed by atoms with Crippen molar-refractivity contribution in [2.24, 2.45) is 0 Å². The lowest BCUT2D eigenvalue weighted by atomic mass is 10.3. The monoisotopic (exact) mass is 293 g/mol. The van der Waals surface area contributed by atoms with Gasteiger partial charge in [-0.2, -0.15) is 8.78 Å². The smallest absolute Gasteiger partial charge is 0.352 e. The van der Waals surface area contributed by atoms with E-state index >= 15 is 0 Å². The summed E-state index contributed by atoms with van der Waals surface area (Å²) in [6.45, 7) is 3.90. The maximum Gasteiger partial charge on any atom is 0.352 e. The first-order valence-corrected chi connectivity index (χ1v) is 4.97. The molecule has 1 atom stereocenters. The third-order valence-corrected chi connectivity index (χ3v) is 2.38. The van der Waals surface area contributed by atoms with Crippen LogP contribution in [-0.2, 0) is 4.74 Å². The Morgan fingerprint density at radius 3 is 2.43 bits per heavy atom. The number of ether oxygens (including phenoxy) is 1. The molecule has 0 aromatic rings. The molecule has 0 amide bonds. The van der Waals surface area contributed by atoms with E-state index in [-0.39, 0.29) is 6.61 Å². The number of rotatable bonds is 6. The van der Waals surface area contributed by atoms with Gasteiger partial charge in [-0.25, -0.2) is 4.39 Å². The van der Waals surface area contributed by atoms with Crippen molar-refractivity contribution < 1.29 is 17.9 Å². The first-order valence-electron chi connectivity index (χ1n) is 3.80. The molecule has 0 aliphatic carbocycles. The van der Waals surface area contributed by atoms with Crippen LogP contribution in [0.25, 0.3) is 0 Å². The van der Waals surface area contributed by atoms with Crippen LogP contribution in [-0.4, -0.2) is 23.2 Å². The van der Waals surface area contributed by atoms with Crippen LogP contribution in [0.2, 0.25) is 0 Å². The van der Waals surface area contributed by atoms with E-state index in [4.69, 9.17) is 16.3 Å². The normalized spacial score (nSPS) is 17.3. The highest BCUT2D eigenvalue weighted by Crippen LogP contribution is 2.42. The molecule has 0 bridgehead atoms. The lowest BCUT2D eigenvalue weighted by Crippen LogP contribution is -2.31. The summed E-state index contributed by atoms with van der Waals surface area (Å²) in [5.41, 5.74) is 0. The van der Waals surface area contributed by atoms with Gasteiger partial charge in [0.1, 0.15) is 0 Å². The predicted molar refractivity (Wildman–Crippen MR) is 53.5 cm³/mol. The third-order valence-electron chi connectivity index (χ3n) is 1.21. The molecular weight excluding hydrogens is 284 g/mol. The molecule has 0 rings (SSSR count). The van der Waals surface area contributed by atoms with E-state index in [9.17, 15) is 13.2 Å². The Bertz CT molecular complexity index is 192. The summed E-state index contributed by atoms with van der Waals surface area (Å²) in [7, 11) is 0. The molecule has 0 heterocycles. The Balaban J connectivity index is 3.97. The van der Waals surface area contributed by atoms with Gasteiger partial charge in [-0.3, -0.25) is 0 Å². The van der Waals surface area contributed by atoms with Crippen molar-refractivity contribution in [3.63, 3.8) is 0 Å². The molecule has 0 aromatic heterocycles. The molecule has 0 aliphatic rings. The highest BCUT2D eigenvalue weighted by Gasteiger charge is 2.49. The fourth-order valence-electron chi connectivity index (χ4n) is 0.544. The Morgan fingerprint density at radius 2 is 2.00 bits per heavy atom. The van der Waals surface area contributed by atoms with Crippen molar-refractivity contribution in [3.8, 4) is 0 Å². The van der Waals surface area contributed by atoms with Crippen molar-refractivity contribution in [1.82, 2.24) is 0 Å². The second kappa shape index (κ2) is 5.98. The molecule has 1 radical (unpaired) electrons. The zero-order valence-electron chi connectivity index (χ0n) is 7.28. The van der Waals surface area contributed by atoms with Gasteiger partial charge in [0.05, 0.1) is 6.61 Å². The summed E-state index contributed by atoms with van der Waals surface area (Å²) in [5.74, 6) is 0. The molecule has 0 N–H and O–H groups in total. The summed E-state index contributed by atoms with van der Waals surface area (Å²) in [6.07, 6.45) is 2.20. The van der Waals surface area contributed by atoms with Crippen LogP contribution >= 0.6 is 27.5 Å². The van der Waals surface area contributed by atoms with Gasteiger partial charge >= 0.3 is 4.83 Å². The van der Waals surface area contributed by atoms with E-state index in [1.807, 2.05) is 15.9 Å². The van der Waals surface area contributed by atoms with Gasteiger partial charge < -0.3 is 4.74 Å². The summed E-state index contributed by atoms with van der Waals surface area (Å²) >= 11 is 6.75. The second-order valence-electron chi connectivity index (χ2n) is 2.45. The molecule has 0 aliphatic heterocycles. The summed E-state index contributed by atoms with van der Waals surface area (Å²) in [6, 6.07) is 0. The largest absolute Gasteiger partial charge is 0.377 e. The molecule has 0 saturated heterocycles. The molecule has 0 spiro atoms. The number of halogens is 5. The van der Waals surface area contributed by atoms with Gasteiger partial charge in [0.25, 0.3) is 5.13 Å². The first-order chi connectivity index (χ1) is 6.31. The molecule has 0 aromatic carbocycles. The van der Waals surface area contributed by atoms with Crippen LogP contribution in [0.1, 0.15) is 6.42 Å². The van der Waals surface area contributed by atoms with Gasteiger partial charge in [0.2, 0.25) is 0 Å². The van der Waals surface area contributed by atoms with Crippen LogP contribution in [0.3, 0.4) is 0 Å². The maximum atomic E-state index is 12.9. The van der Waals surface area contributed by atoms with Crippen molar-refractivity contribution in [3.05, 3.63) is 19.1 Å². The first kappa shape index (κ1) is 14.3. The average Bonchev–Trinajstić information content (AvgIpc) is 2.02. The topological polar surface area (TPSA) is 9.23 Å². The Labute approximate surface area is 94.4 Å². The van der Waals surface area contributed by atoms with Crippen LogP contribution in [0.4, 0.5) is 13.2 Å². The highest BCUT2D eigenvalue weighted by molar-refractivity contribution is 9.10. The summed E-state index contributed by atoms with van der Waals surface area (Å²) in [5, 5.41) is -3.24. The lowest BCUT2D eigenvalue weighted by molar-refractivity contribution is 0.0214. The Morgan fingerprint density at radius 1 is 1.43 bits per heavy atom. The third kappa shape index (κ3) is 5.22. The predicted octanol–water partition coefficient (Wildman–Crippen LogP) is 3.68. The van der Waals surface area contributed by atoms with Gasteiger partial charge in [-0.1, -0.05) is 24.6 Å². The highest BCUT2D eigenvalue weighted by atomic mass is 79.9. The zero-order valence-corrected chi connectivity index (χ0v) is 9.62. The van der Waals surface area contributed by atoms with Crippen molar-refractivity contribution >= 4 is 27.5 Å². The lowest BCUT2D eigenvalue weighted by Gasteiger charge is -2.18. The quantitative estimate of drug-likeness (QED) is 0.412. The van der Waals surface area contributed by atoms with E-state index in [0.29, 0.717) is 19.1 Å². The second-order valence-corrected chi connectivity index (χ2v) is 4.00. The molecule has 83 valence electrons. The van der Waals surface area contributed by atoms with Crippen molar-refractivity contribution in [2.45, 2.75) is 16.4 Å². The van der Waals surface area contributed by atoms with E-state index in [1.165, 1.54) is 0 Å². The summed E-state index contributed by atoms with van der Waals surface area (Å²) < 4.78 is 42.5. The number of hydrogen-bond donors (Lipinski definition) is 0. The van der Waals surface area contributed by atoms with Gasteiger partial charge in [-0.05, 0) is 28.4 Å². The molecule has 0 fully saturated rings. The molecule has 1 nitrogen and oxygen atoms in total. The molecule has 14 heavy (non-hydrogen) atoms. The summed E-state index contributed by atoms with van der Waals surface area (Å²) in [4.78, 5) is -3.80. The minimum Gasteiger partial charge on any atom is -0.377 e. The molecule has 6 heteroatoms. The van der Waals surface area contributed by atoms with Gasteiger partial charge in [-0.15, -0.1) is 0 Å². The van der Waals surface area contributed by atoms with Crippen LogP contribution < -0.4 is 0 Å². The van der Waals surface area contributed by atoms with Gasteiger partial charge in [0.15, 0.2) is 0 Å². The number of allylic oxidation sites excluding steroid dienone is 1. The SMILES string of the molecule is [CH2]CCOCC=CC(F)(Cl)C(F)(F)Br. The van der Waals surface area contributed by atoms with E-state index in [1.54, 1.807) is 0 Å². The van der Waals surface area contributed by atoms with Crippen LogP contribution in [0.5, 0.6) is 0 Å². The molecular formula is C8H10BrClF3O.